The number of ether oxygens (including phenoxy) is 1. The van der Waals surface area contributed by atoms with E-state index in [1.807, 2.05) is 0 Å². The van der Waals surface area contributed by atoms with Crippen LogP contribution < -0.4 is 10.1 Å². The fourth-order valence-electron chi connectivity index (χ4n) is 1.71. The van der Waals surface area contributed by atoms with E-state index in [-0.39, 0.29) is 11.6 Å². The Labute approximate surface area is 119 Å². The zero-order valence-corrected chi connectivity index (χ0v) is 11.1. The first kappa shape index (κ1) is 14.9. The molecule has 0 aliphatic rings. The van der Waals surface area contributed by atoms with Crippen LogP contribution in [0.3, 0.4) is 0 Å². The van der Waals surface area contributed by atoms with Crippen LogP contribution in [0.15, 0.2) is 42.5 Å². The first-order valence-electron chi connectivity index (χ1n) is 6.08. The van der Waals surface area contributed by atoms with Crippen LogP contribution in [0.2, 0.25) is 0 Å². The topological polar surface area (TPSA) is 38.3 Å². The molecule has 0 atom stereocenters. The van der Waals surface area contributed by atoms with Crippen molar-refractivity contribution in [2.45, 2.75) is 13.5 Å². The lowest BCUT2D eigenvalue weighted by Crippen LogP contribution is -2.12. The van der Waals surface area contributed by atoms with Crippen molar-refractivity contribution in [3.63, 3.8) is 0 Å². The summed E-state index contributed by atoms with van der Waals surface area (Å²) in [7, 11) is 0. The third kappa shape index (κ3) is 3.98. The van der Waals surface area contributed by atoms with Gasteiger partial charge in [0.1, 0.15) is 11.6 Å². The van der Waals surface area contributed by atoms with Crippen LogP contribution in [0.5, 0.6) is 5.75 Å². The Morgan fingerprint density at radius 3 is 2.38 bits per heavy atom. The molecule has 0 bridgehead atoms. The number of hydrogen-bond donors (Lipinski definition) is 1. The summed E-state index contributed by atoms with van der Waals surface area (Å²) in [4.78, 5) is 12.0. The van der Waals surface area contributed by atoms with Gasteiger partial charge in [-0.2, -0.15) is 8.78 Å². The minimum Gasteiger partial charge on any atom is -0.435 e. The fraction of sp³-hybridized carbons (Fsp3) is 0.133. The molecule has 2 aromatic rings. The molecule has 0 saturated carbocycles. The molecule has 3 nitrogen and oxygen atoms in total. The number of aryl methyl sites for hydroxylation is 1. The summed E-state index contributed by atoms with van der Waals surface area (Å²) in [6, 6.07) is 9.52. The molecule has 0 aliphatic heterocycles. The van der Waals surface area contributed by atoms with Gasteiger partial charge in [-0.1, -0.05) is 0 Å². The van der Waals surface area contributed by atoms with Crippen molar-refractivity contribution >= 4 is 11.6 Å². The Kier molecular flexibility index (Phi) is 4.47. The van der Waals surface area contributed by atoms with Gasteiger partial charge in [-0.15, -0.1) is 0 Å². The Morgan fingerprint density at radius 1 is 1.14 bits per heavy atom. The highest BCUT2D eigenvalue weighted by Gasteiger charge is 2.09. The maximum absolute atomic E-state index is 13.1. The Hall–Kier alpha value is -2.50. The van der Waals surface area contributed by atoms with Crippen molar-refractivity contribution in [2.75, 3.05) is 5.32 Å². The zero-order chi connectivity index (χ0) is 15.4. The maximum atomic E-state index is 13.1. The second-order valence-electron chi connectivity index (χ2n) is 4.32. The van der Waals surface area contributed by atoms with Crippen LogP contribution in [0.25, 0.3) is 0 Å². The van der Waals surface area contributed by atoms with Crippen molar-refractivity contribution in [3.05, 3.63) is 59.4 Å². The number of anilines is 1. The SMILES string of the molecule is Cc1cc(C(=O)Nc2ccc(OC(F)F)cc2)ccc1F. The third-order valence-corrected chi connectivity index (χ3v) is 2.76. The lowest BCUT2D eigenvalue weighted by Gasteiger charge is -2.08. The van der Waals surface area contributed by atoms with E-state index in [0.29, 0.717) is 16.8 Å². The van der Waals surface area contributed by atoms with Crippen LogP contribution in [0, 0.1) is 12.7 Å². The molecule has 0 heterocycles. The largest absolute Gasteiger partial charge is 0.435 e. The van der Waals surface area contributed by atoms with E-state index in [1.54, 1.807) is 6.92 Å². The van der Waals surface area contributed by atoms with E-state index in [4.69, 9.17) is 0 Å². The van der Waals surface area contributed by atoms with Crippen LogP contribution in [-0.4, -0.2) is 12.5 Å². The van der Waals surface area contributed by atoms with Crippen molar-refractivity contribution in [1.29, 1.82) is 0 Å². The van der Waals surface area contributed by atoms with Gasteiger partial charge in [0.05, 0.1) is 0 Å². The normalized spacial score (nSPS) is 10.5. The van der Waals surface area contributed by atoms with E-state index in [1.165, 1.54) is 42.5 Å². The van der Waals surface area contributed by atoms with Crippen molar-refractivity contribution in [1.82, 2.24) is 0 Å². The monoisotopic (exact) mass is 295 g/mol. The molecular formula is C15H12F3NO2. The molecule has 2 aromatic carbocycles. The molecule has 0 spiro atoms. The molecule has 0 saturated heterocycles. The molecule has 1 N–H and O–H groups in total. The number of amides is 1. The quantitative estimate of drug-likeness (QED) is 0.926. The second kappa shape index (κ2) is 6.30. The highest BCUT2D eigenvalue weighted by molar-refractivity contribution is 6.04. The molecule has 6 heteroatoms. The molecule has 21 heavy (non-hydrogen) atoms. The number of alkyl halides is 2. The Balaban J connectivity index is 2.06. The molecule has 0 unspecified atom stereocenters. The smallest absolute Gasteiger partial charge is 0.387 e. The number of nitrogens with one attached hydrogen (secondary N) is 1. The number of carbonyl (C=O) groups excluding carboxylic acids is 1. The van der Waals surface area contributed by atoms with Crippen molar-refractivity contribution < 1.29 is 22.7 Å². The molecule has 110 valence electrons. The minimum absolute atomic E-state index is 0.000579. The van der Waals surface area contributed by atoms with Crippen LogP contribution in [0.4, 0.5) is 18.9 Å². The number of rotatable bonds is 4. The summed E-state index contributed by atoms with van der Waals surface area (Å²) < 4.78 is 41.3. The fourth-order valence-corrected chi connectivity index (χ4v) is 1.71. The molecule has 0 aliphatic carbocycles. The Bertz CT molecular complexity index is 642. The van der Waals surface area contributed by atoms with Crippen LogP contribution in [-0.2, 0) is 0 Å². The summed E-state index contributed by atoms with van der Waals surface area (Å²) in [5, 5.41) is 2.58. The van der Waals surface area contributed by atoms with Crippen LogP contribution in [0.1, 0.15) is 15.9 Å². The van der Waals surface area contributed by atoms with Gasteiger partial charge in [0.15, 0.2) is 0 Å². The number of hydrogen-bond acceptors (Lipinski definition) is 2. The minimum atomic E-state index is -2.90. The summed E-state index contributed by atoms with van der Waals surface area (Å²) in [6.45, 7) is -1.34. The highest BCUT2D eigenvalue weighted by atomic mass is 19.3. The molecule has 2 rings (SSSR count). The predicted octanol–water partition coefficient (Wildman–Crippen LogP) is 3.99. The van der Waals surface area contributed by atoms with Gasteiger partial charge in [0.2, 0.25) is 0 Å². The lowest BCUT2D eigenvalue weighted by molar-refractivity contribution is -0.0498. The van der Waals surface area contributed by atoms with Gasteiger partial charge >= 0.3 is 6.61 Å². The van der Waals surface area contributed by atoms with Crippen molar-refractivity contribution in [2.24, 2.45) is 0 Å². The number of benzene rings is 2. The summed E-state index contributed by atoms with van der Waals surface area (Å²) in [5.74, 6) is -0.804. The molecule has 0 fully saturated rings. The van der Waals surface area contributed by atoms with Gasteiger partial charge in [0.25, 0.3) is 5.91 Å². The van der Waals surface area contributed by atoms with E-state index in [0.717, 1.165) is 0 Å². The lowest BCUT2D eigenvalue weighted by atomic mass is 10.1. The molecular weight excluding hydrogens is 283 g/mol. The first-order valence-corrected chi connectivity index (χ1v) is 6.08. The van der Waals surface area contributed by atoms with E-state index < -0.39 is 12.5 Å². The van der Waals surface area contributed by atoms with E-state index in [9.17, 15) is 18.0 Å². The highest BCUT2D eigenvalue weighted by Crippen LogP contribution is 2.18. The second-order valence-corrected chi connectivity index (χ2v) is 4.32. The first-order chi connectivity index (χ1) is 9.95. The summed E-state index contributed by atoms with van der Waals surface area (Å²) in [6.07, 6.45) is 0. The van der Waals surface area contributed by atoms with Gasteiger partial charge in [-0.25, -0.2) is 4.39 Å². The number of carbonyl (C=O) groups is 1. The van der Waals surface area contributed by atoms with Crippen molar-refractivity contribution in [3.8, 4) is 5.75 Å². The Morgan fingerprint density at radius 2 is 1.81 bits per heavy atom. The average molecular weight is 295 g/mol. The zero-order valence-electron chi connectivity index (χ0n) is 11.1. The molecule has 0 radical (unpaired) electrons. The van der Waals surface area contributed by atoms with Gasteiger partial charge in [-0.3, -0.25) is 4.79 Å². The standard InChI is InChI=1S/C15H12F3NO2/c1-9-8-10(2-7-13(9)16)14(20)19-11-3-5-12(6-4-11)21-15(17)18/h2-8,15H,1H3,(H,19,20). The van der Waals surface area contributed by atoms with E-state index >= 15 is 0 Å². The van der Waals surface area contributed by atoms with Gasteiger partial charge in [-0.05, 0) is 55.0 Å². The average Bonchev–Trinajstić information content (AvgIpc) is 2.43. The van der Waals surface area contributed by atoms with E-state index in [2.05, 4.69) is 10.1 Å². The van der Waals surface area contributed by atoms with Crippen LogP contribution >= 0.6 is 0 Å². The van der Waals surface area contributed by atoms with Gasteiger partial charge in [0, 0.05) is 11.3 Å². The third-order valence-electron chi connectivity index (χ3n) is 2.76. The number of halogens is 3. The molecule has 1 amide bonds. The maximum Gasteiger partial charge on any atom is 0.387 e. The summed E-state index contributed by atoms with van der Waals surface area (Å²) >= 11 is 0. The van der Waals surface area contributed by atoms with Gasteiger partial charge < -0.3 is 10.1 Å². The predicted molar refractivity (Wildman–Crippen MR) is 72.2 cm³/mol. The molecule has 0 aromatic heterocycles. The summed E-state index contributed by atoms with van der Waals surface area (Å²) in [5.41, 5.74) is 1.09.